The van der Waals surface area contributed by atoms with E-state index in [0.717, 1.165) is 78.3 Å². The fraction of sp³-hybridized carbons (Fsp3) is 0.0192. The molecular weight excluding hydrogens is 695 g/mol. The zero-order valence-electron chi connectivity index (χ0n) is 31.7. The van der Waals surface area contributed by atoms with Gasteiger partial charge in [0.25, 0.3) is 0 Å². The number of anilines is 2. The molecule has 0 bridgehead atoms. The Hall–Kier alpha value is -7.63. The quantitative estimate of drug-likeness (QED) is 0.0703. The van der Waals surface area contributed by atoms with Crippen molar-refractivity contribution < 1.29 is 4.58 Å². The fourth-order valence-corrected chi connectivity index (χ4v) is 7.16. The summed E-state index contributed by atoms with van der Waals surface area (Å²) in [5.41, 5.74) is 17.3. The van der Waals surface area contributed by atoms with Crippen molar-refractivity contribution in [3.05, 3.63) is 201 Å². The number of allylic oxidation sites excluding steroid dienone is 3. The Morgan fingerprint density at radius 3 is 1.21 bits per heavy atom. The molecule has 0 unspecified atom stereocenters. The van der Waals surface area contributed by atoms with Crippen LogP contribution in [0.1, 0.15) is 6.92 Å². The lowest BCUT2D eigenvalue weighted by Gasteiger charge is -2.18. The van der Waals surface area contributed by atoms with Crippen LogP contribution in [-0.4, -0.2) is 22.7 Å². The van der Waals surface area contributed by atoms with E-state index >= 15 is 0 Å². The maximum atomic E-state index is 7.69. The predicted octanol–water partition coefficient (Wildman–Crippen LogP) is 13.5. The first kappa shape index (κ1) is 36.4. The minimum Gasteiger partial charge on any atom is -0.362 e. The monoisotopic (exact) mass is 736 g/mol. The largest absolute Gasteiger partial charge is 0.362 e. The van der Waals surface area contributed by atoms with Crippen LogP contribution in [-0.2, 0) is 0 Å². The van der Waals surface area contributed by atoms with E-state index in [4.69, 9.17) is 10.8 Å². The van der Waals surface area contributed by atoms with Gasteiger partial charge in [-0.3, -0.25) is 0 Å². The van der Waals surface area contributed by atoms with Crippen molar-refractivity contribution in [3.63, 3.8) is 0 Å². The molecule has 0 fully saturated rings. The van der Waals surface area contributed by atoms with Crippen LogP contribution in [0.25, 0.3) is 66.8 Å². The molecular formula is C52H42N5+. The first-order chi connectivity index (χ1) is 28.0. The molecule has 5 nitrogen and oxygen atoms in total. The van der Waals surface area contributed by atoms with Gasteiger partial charge in [0.05, 0.1) is 6.08 Å². The lowest BCUT2D eigenvalue weighted by atomic mass is 9.86. The van der Waals surface area contributed by atoms with Gasteiger partial charge in [0.1, 0.15) is 0 Å². The number of nitrogens with one attached hydrogen (secondary N) is 4. The van der Waals surface area contributed by atoms with E-state index in [0.29, 0.717) is 5.71 Å². The molecule has 5 heteroatoms. The zero-order valence-corrected chi connectivity index (χ0v) is 31.7. The van der Waals surface area contributed by atoms with Crippen LogP contribution in [0.5, 0.6) is 0 Å². The summed E-state index contributed by atoms with van der Waals surface area (Å²) in [6.45, 7) is 1.76. The third-order valence-corrected chi connectivity index (χ3v) is 10.0. The minimum atomic E-state index is 0.496. The molecule has 7 aromatic rings. The minimum absolute atomic E-state index is 0.496. The van der Waals surface area contributed by atoms with Crippen molar-refractivity contribution in [1.82, 2.24) is 0 Å². The number of hydrogen-bond acceptors (Lipinski definition) is 4. The Balaban J connectivity index is 1.26. The summed E-state index contributed by atoms with van der Waals surface area (Å²) < 4.78 is 2.13. The van der Waals surface area contributed by atoms with Crippen LogP contribution in [0.15, 0.2) is 201 Å². The summed E-state index contributed by atoms with van der Waals surface area (Å²) in [6, 6.07) is 58.6. The smallest absolute Gasteiger partial charge is 0.210 e. The highest BCUT2D eigenvalue weighted by molar-refractivity contribution is 5.94. The molecule has 0 spiro atoms. The molecule has 0 amide bonds. The molecule has 0 atom stereocenters. The van der Waals surface area contributed by atoms with Crippen LogP contribution in [0.2, 0.25) is 0 Å². The van der Waals surface area contributed by atoms with Crippen molar-refractivity contribution in [1.29, 1.82) is 10.8 Å². The van der Waals surface area contributed by atoms with Gasteiger partial charge in [-0.05, 0) is 140 Å². The maximum absolute atomic E-state index is 7.69. The van der Waals surface area contributed by atoms with E-state index in [1.807, 2.05) is 6.08 Å². The summed E-state index contributed by atoms with van der Waals surface area (Å²) in [7, 11) is 0. The van der Waals surface area contributed by atoms with E-state index in [2.05, 4.69) is 191 Å². The molecule has 0 saturated carbocycles. The molecule has 1 aliphatic heterocycles. The first-order valence-electron chi connectivity index (χ1n) is 19.0. The highest BCUT2D eigenvalue weighted by Gasteiger charge is 2.17. The molecule has 8 rings (SSSR count). The van der Waals surface area contributed by atoms with Crippen LogP contribution < -0.4 is 10.6 Å². The highest BCUT2D eigenvalue weighted by atomic mass is 15.0. The molecule has 0 radical (unpaired) electrons. The van der Waals surface area contributed by atoms with Crippen molar-refractivity contribution in [2.24, 2.45) is 0 Å². The molecule has 1 aliphatic rings. The van der Waals surface area contributed by atoms with Crippen molar-refractivity contribution in [3.8, 4) is 66.8 Å². The maximum Gasteiger partial charge on any atom is 0.210 e. The first-order valence-corrected chi connectivity index (χ1v) is 19.0. The van der Waals surface area contributed by atoms with Gasteiger partial charge in [-0.15, -0.1) is 0 Å². The van der Waals surface area contributed by atoms with Gasteiger partial charge < -0.3 is 21.5 Å². The lowest BCUT2D eigenvalue weighted by Crippen LogP contribution is -2.04. The SMILES string of the molecule is CC(=N)/C=C\Nc1ccc(-c2ccccc2-c2cc(-c3ccccc3-c3ccc(N/C=C\C=N)cc3)cc(-c3ccccc3-c3ccc([N+]4=CC=C4)cc3)c2)cc1. The Bertz CT molecular complexity index is 2700. The van der Waals surface area contributed by atoms with Crippen LogP contribution in [0.4, 0.5) is 17.1 Å². The second-order valence-corrected chi connectivity index (χ2v) is 13.9. The summed E-state index contributed by atoms with van der Waals surface area (Å²) in [5.74, 6) is 0. The summed E-state index contributed by atoms with van der Waals surface area (Å²) in [5, 5.41) is 21.5. The van der Waals surface area contributed by atoms with E-state index in [1.54, 1.807) is 31.5 Å². The summed E-state index contributed by atoms with van der Waals surface area (Å²) in [6.07, 6.45) is 14.4. The second-order valence-electron chi connectivity index (χ2n) is 13.9. The van der Waals surface area contributed by atoms with Gasteiger partial charge in [0, 0.05) is 47.8 Å². The molecule has 57 heavy (non-hydrogen) atoms. The molecule has 1 heterocycles. The molecule has 4 N–H and O–H groups in total. The molecule has 274 valence electrons. The van der Waals surface area contributed by atoms with E-state index in [9.17, 15) is 0 Å². The lowest BCUT2D eigenvalue weighted by molar-refractivity contribution is -0.364. The fourth-order valence-electron chi connectivity index (χ4n) is 7.16. The number of benzene rings is 7. The second kappa shape index (κ2) is 16.8. The Morgan fingerprint density at radius 1 is 0.491 bits per heavy atom. The normalized spacial score (nSPS) is 12.0. The van der Waals surface area contributed by atoms with Gasteiger partial charge in [-0.25, -0.2) is 0 Å². The van der Waals surface area contributed by atoms with Crippen LogP contribution in [0, 0.1) is 10.8 Å². The average Bonchev–Trinajstić information content (AvgIpc) is 3.24. The molecule has 0 aliphatic carbocycles. The van der Waals surface area contributed by atoms with Crippen LogP contribution in [0.3, 0.4) is 0 Å². The Labute approximate surface area is 334 Å². The zero-order chi connectivity index (χ0) is 39.0. The standard InChI is InChI=1S/C52H42N5/c1-37(54)28-31-56-45-24-18-39(19-25-45)48-11-3-6-14-51(48)42-34-41(50-13-5-2-10-47(50)38-16-22-44(23-17-38)55-30-8-29-53)35-43(36-42)52-15-7-4-12-49(52)40-20-26-46(27-21-40)57-32-9-33-57/h2-36,53-56H,1H3/q+1/b30-8-,31-28-,53-29?,54-37?. The highest BCUT2D eigenvalue weighted by Crippen LogP contribution is 2.42. The van der Waals surface area contributed by atoms with Gasteiger partial charge in [0.2, 0.25) is 5.69 Å². The number of hydrogen-bond donors (Lipinski definition) is 4. The third kappa shape index (κ3) is 8.24. The molecule has 7 aromatic carbocycles. The molecule has 0 saturated heterocycles. The van der Waals surface area contributed by atoms with E-state index in [-0.39, 0.29) is 0 Å². The van der Waals surface area contributed by atoms with Crippen molar-refractivity contribution >= 4 is 35.2 Å². The van der Waals surface area contributed by atoms with Crippen LogP contribution >= 0.6 is 0 Å². The number of rotatable bonds is 13. The van der Waals surface area contributed by atoms with E-state index < -0.39 is 0 Å². The van der Waals surface area contributed by atoms with E-state index in [1.165, 1.54) is 11.8 Å². The van der Waals surface area contributed by atoms with Crippen molar-refractivity contribution in [2.75, 3.05) is 10.6 Å². The third-order valence-electron chi connectivity index (χ3n) is 10.0. The summed E-state index contributed by atoms with van der Waals surface area (Å²) in [4.78, 5) is 0. The topological polar surface area (TPSA) is 74.8 Å². The Kier molecular flexibility index (Phi) is 10.7. The average molecular weight is 737 g/mol. The van der Waals surface area contributed by atoms with Gasteiger partial charge in [0.15, 0.2) is 12.4 Å². The number of nitrogens with zero attached hydrogens (tertiary/aromatic N) is 1. The van der Waals surface area contributed by atoms with Crippen molar-refractivity contribution in [2.45, 2.75) is 6.92 Å². The van der Waals surface area contributed by atoms with Gasteiger partial charge >= 0.3 is 0 Å². The van der Waals surface area contributed by atoms with Gasteiger partial charge in [-0.2, -0.15) is 4.58 Å². The predicted molar refractivity (Wildman–Crippen MR) is 242 cm³/mol. The van der Waals surface area contributed by atoms with Gasteiger partial charge in [-0.1, -0.05) is 97.1 Å². The molecule has 0 aromatic heterocycles. The summed E-state index contributed by atoms with van der Waals surface area (Å²) >= 11 is 0. The Morgan fingerprint density at radius 2 is 0.860 bits per heavy atom.